The smallest absolute Gasteiger partial charge is 0.239 e. The number of hydrogen-bond acceptors (Lipinski definition) is 3. The monoisotopic (exact) mass is 226 g/mol. The van der Waals surface area contributed by atoms with Gasteiger partial charge in [0.2, 0.25) is 5.91 Å². The van der Waals surface area contributed by atoms with Crippen LogP contribution in [0, 0.1) is 5.82 Å². The van der Waals surface area contributed by atoms with Gasteiger partial charge in [-0.25, -0.2) is 4.39 Å². The first-order valence-corrected chi connectivity index (χ1v) is 4.97. The molecule has 0 unspecified atom stereocenters. The van der Waals surface area contributed by atoms with Crippen molar-refractivity contribution in [3.05, 3.63) is 30.1 Å². The van der Waals surface area contributed by atoms with Crippen LogP contribution in [0.5, 0.6) is 0 Å². The van der Waals surface area contributed by atoms with Crippen molar-refractivity contribution in [3.63, 3.8) is 0 Å². The van der Waals surface area contributed by atoms with Crippen molar-refractivity contribution in [2.75, 3.05) is 32.1 Å². The molecule has 0 aromatic heterocycles. The van der Waals surface area contributed by atoms with Gasteiger partial charge in [0.15, 0.2) is 0 Å². The highest BCUT2D eigenvalue weighted by atomic mass is 19.1. The fourth-order valence-electron chi connectivity index (χ4n) is 1.11. The first kappa shape index (κ1) is 12.4. The van der Waals surface area contributed by atoms with Gasteiger partial charge in [-0.2, -0.15) is 0 Å². The van der Waals surface area contributed by atoms with Crippen molar-refractivity contribution in [2.45, 2.75) is 0 Å². The van der Waals surface area contributed by atoms with E-state index in [0.29, 0.717) is 18.8 Å². The lowest BCUT2D eigenvalue weighted by atomic mass is 10.3. The Morgan fingerprint density at radius 2 is 2.06 bits per heavy atom. The molecule has 5 heteroatoms. The molecule has 0 aliphatic rings. The molecule has 2 N–H and O–H groups in total. The average molecular weight is 226 g/mol. The Labute approximate surface area is 93.8 Å². The highest BCUT2D eigenvalue weighted by molar-refractivity contribution is 5.80. The molecule has 4 nitrogen and oxygen atoms in total. The zero-order valence-electron chi connectivity index (χ0n) is 9.13. The van der Waals surface area contributed by atoms with Gasteiger partial charge in [0.1, 0.15) is 5.82 Å². The molecule has 16 heavy (non-hydrogen) atoms. The van der Waals surface area contributed by atoms with E-state index in [4.69, 9.17) is 4.74 Å². The molecule has 0 saturated carbocycles. The van der Waals surface area contributed by atoms with E-state index in [9.17, 15) is 9.18 Å². The van der Waals surface area contributed by atoms with Gasteiger partial charge in [-0.1, -0.05) is 0 Å². The predicted octanol–water partition coefficient (Wildman–Crippen LogP) is 1.00. The highest BCUT2D eigenvalue weighted by Crippen LogP contribution is 2.07. The molecule has 1 rings (SSSR count). The number of carbonyl (C=O) groups excluding carboxylic acids is 1. The Bertz CT molecular complexity index is 327. The highest BCUT2D eigenvalue weighted by Gasteiger charge is 1.99. The van der Waals surface area contributed by atoms with Crippen LogP contribution in [-0.2, 0) is 9.53 Å². The van der Waals surface area contributed by atoms with Crippen molar-refractivity contribution in [1.29, 1.82) is 0 Å². The number of methoxy groups -OCH3 is 1. The van der Waals surface area contributed by atoms with E-state index in [0.717, 1.165) is 0 Å². The molecule has 0 atom stereocenters. The zero-order valence-corrected chi connectivity index (χ0v) is 9.13. The van der Waals surface area contributed by atoms with Gasteiger partial charge in [-0.05, 0) is 24.3 Å². The third-order valence-corrected chi connectivity index (χ3v) is 1.93. The second-order valence-corrected chi connectivity index (χ2v) is 3.20. The maximum atomic E-state index is 12.6. The quantitative estimate of drug-likeness (QED) is 0.711. The van der Waals surface area contributed by atoms with Crippen molar-refractivity contribution in [2.24, 2.45) is 0 Å². The largest absolute Gasteiger partial charge is 0.383 e. The lowest BCUT2D eigenvalue weighted by Gasteiger charge is -2.07. The van der Waals surface area contributed by atoms with Crippen LogP contribution in [0.2, 0.25) is 0 Å². The van der Waals surface area contributed by atoms with Crippen LogP contribution in [0.15, 0.2) is 24.3 Å². The normalized spacial score (nSPS) is 9.88. The number of anilines is 1. The van der Waals surface area contributed by atoms with Gasteiger partial charge in [-0.15, -0.1) is 0 Å². The van der Waals surface area contributed by atoms with Crippen molar-refractivity contribution in [3.8, 4) is 0 Å². The number of hydrogen-bond donors (Lipinski definition) is 2. The average Bonchev–Trinajstić information content (AvgIpc) is 2.29. The first-order chi connectivity index (χ1) is 7.72. The molecule has 0 heterocycles. The van der Waals surface area contributed by atoms with Crippen molar-refractivity contribution >= 4 is 11.6 Å². The van der Waals surface area contributed by atoms with E-state index < -0.39 is 0 Å². The van der Waals surface area contributed by atoms with E-state index in [-0.39, 0.29) is 18.3 Å². The summed E-state index contributed by atoms with van der Waals surface area (Å²) in [6.07, 6.45) is 0. The van der Waals surface area contributed by atoms with Crippen LogP contribution in [0.3, 0.4) is 0 Å². The number of amides is 1. The summed E-state index contributed by atoms with van der Waals surface area (Å²) in [4.78, 5) is 11.3. The minimum Gasteiger partial charge on any atom is -0.383 e. The van der Waals surface area contributed by atoms with Crippen molar-refractivity contribution < 1.29 is 13.9 Å². The molecule has 0 spiro atoms. The molecule has 1 aromatic rings. The summed E-state index contributed by atoms with van der Waals surface area (Å²) in [5.41, 5.74) is 0.711. The van der Waals surface area contributed by atoms with Gasteiger partial charge >= 0.3 is 0 Å². The summed E-state index contributed by atoms with van der Waals surface area (Å²) in [6, 6.07) is 5.84. The number of halogens is 1. The van der Waals surface area contributed by atoms with Crippen LogP contribution in [0.1, 0.15) is 0 Å². The van der Waals surface area contributed by atoms with E-state index in [1.54, 1.807) is 19.2 Å². The van der Waals surface area contributed by atoms with Crippen molar-refractivity contribution in [1.82, 2.24) is 5.32 Å². The second-order valence-electron chi connectivity index (χ2n) is 3.20. The zero-order chi connectivity index (χ0) is 11.8. The molecular weight excluding hydrogens is 211 g/mol. The van der Waals surface area contributed by atoms with Gasteiger partial charge in [0.25, 0.3) is 0 Å². The van der Waals surface area contributed by atoms with E-state index >= 15 is 0 Å². The Kier molecular flexibility index (Phi) is 5.28. The van der Waals surface area contributed by atoms with Crippen LogP contribution < -0.4 is 10.6 Å². The molecule has 0 radical (unpaired) electrons. The summed E-state index contributed by atoms with van der Waals surface area (Å²) in [7, 11) is 1.57. The molecular formula is C11H15FN2O2. The molecule has 0 bridgehead atoms. The number of carbonyl (C=O) groups is 1. The molecule has 0 aliphatic heterocycles. The Balaban J connectivity index is 2.23. The summed E-state index contributed by atoms with van der Waals surface area (Å²) in [5, 5.41) is 5.54. The number of ether oxygens (including phenoxy) is 1. The minimum absolute atomic E-state index is 0.124. The number of benzene rings is 1. The number of nitrogens with one attached hydrogen (secondary N) is 2. The molecule has 1 amide bonds. The van der Waals surface area contributed by atoms with E-state index in [2.05, 4.69) is 10.6 Å². The van der Waals surface area contributed by atoms with Crippen LogP contribution in [0.25, 0.3) is 0 Å². The van der Waals surface area contributed by atoms with Crippen LogP contribution in [0.4, 0.5) is 10.1 Å². The third kappa shape index (κ3) is 4.75. The lowest BCUT2D eigenvalue weighted by molar-refractivity contribution is -0.119. The third-order valence-electron chi connectivity index (χ3n) is 1.93. The molecule has 1 aromatic carbocycles. The number of rotatable bonds is 6. The fraction of sp³-hybridized carbons (Fsp3) is 0.364. The van der Waals surface area contributed by atoms with Gasteiger partial charge < -0.3 is 15.4 Å². The Hall–Kier alpha value is -1.62. The van der Waals surface area contributed by atoms with Gasteiger partial charge in [-0.3, -0.25) is 4.79 Å². The minimum atomic E-state index is -0.296. The SMILES string of the molecule is COCCNC(=O)CNc1ccc(F)cc1. The van der Waals surface area contributed by atoms with Crippen LogP contribution in [-0.4, -0.2) is 32.7 Å². The summed E-state index contributed by atoms with van der Waals surface area (Å²) in [5.74, 6) is -0.420. The first-order valence-electron chi connectivity index (χ1n) is 4.97. The van der Waals surface area contributed by atoms with E-state index in [1.807, 2.05) is 0 Å². The molecule has 0 fully saturated rings. The second kappa shape index (κ2) is 6.79. The Morgan fingerprint density at radius 3 is 2.69 bits per heavy atom. The molecule has 0 saturated heterocycles. The van der Waals surface area contributed by atoms with E-state index in [1.165, 1.54) is 12.1 Å². The summed E-state index contributed by atoms with van der Waals surface area (Å²) < 4.78 is 17.4. The molecule has 0 aliphatic carbocycles. The standard InChI is InChI=1S/C11H15FN2O2/c1-16-7-6-13-11(15)8-14-10-4-2-9(12)3-5-10/h2-5,14H,6-8H2,1H3,(H,13,15). The summed E-state index contributed by atoms with van der Waals surface area (Å²) >= 11 is 0. The molecule has 88 valence electrons. The predicted molar refractivity (Wildman–Crippen MR) is 59.8 cm³/mol. The van der Waals surface area contributed by atoms with Gasteiger partial charge in [0.05, 0.1) is 13.2 Å². The fourth-order valence-corrected chi connectivity index (χ4v) is 1.11. The lowest BCUT2D eigenvalue weighted by Crippen LogP contribution is -2.32. The van der Waals surface area contributed by atoms with Gasteiger partial charge in [0, 0.05) is 19.3 Å². The topological polar surface area (TPSA) is 50.4 Å². The Morgan fingerprint density at radius 1 is 1.38 bits per heavy atom. The maximum absolute atomic E-state index is 12.6. The van der Waals surface area contributed by atoms with Crippen LogP contribution >= 0.6 is 0 Å². The summed E-state index contributed by atoms with van der Waals surface area (Å²) in [6.45, 7) is 1.14. The maximum Gasteiger partial charge on any atom is 0.239 e.